The first kappa shape index (κ1) is 17.9. The highest BCUT2D eigenvalue weighted by molar-refractivity contribution is 6.01. The number of hydrogen-bond donors (Lipinski definition) is 0. The molecule has 5 nitrogen and oxygen atoms in total. The molecule has 2 aromatic carbocycles. The average molecular weight is 365 g/mol. The minimum Gasteiger partial charge on any atom is -0.497 e. The second-order valence-electron chi connectivity index (χ2n) is 7.74. The molecule has 2 aliphatic rings. The lowest BCUT2D eigenvalue weighted by Gasteiger charge is -2.22. The largest absolute Gasteiger partial charge is 0.497 e. The Hall–Kier alpha value is -2.53. The maximum atomic E-state index is 5.95. The molecular weight excluding hydrogens is 338 g/mol. The van der Waals surface area contributed by atoms with E-state index in [1.54, 1.807) is 7.11 Å². The van der Waals surface area contributed by atoms with Gasteiger partial charge in [-0.15, -0.1) is 0 Å². The molecule has 27 heavy (non-hydrogen) atoms. The molecule has 0 aromatic heterocycles. The van der Waals surface area contributed by atoms with E-state index in [1.807, 2.05) is 12.1 Å². The van der Waals surface area contributed by atoms with Crippen LogP contribution in [0.2, 0.25) is 0 Å². The summed E-state index contributed by atoms with van der Waals surface area (Å²) < 4.78 is 5.24. The summed E-state index contributed by atoms with van der Waals surface area (Å²) in [5.74, 6) is 0.861. The molecule has 0 radical (unpaired) electrons. The minimum absolute atomic E-state index is 0.168. The summed E-state index contributed by atoms with van der Waals surface area (Å²) >= 11 is 0. The zero-order valence-corrected chi connectivity index (χ0v) is 16.3. The molecule has 1 saturated heterocycles. The first-order valence-electron chi connectivity index (χ1n) is 9.45. The van der Waals surface area contributed by atoms with Gasteiger partial charge in [-0.2, -0.15) is 0 Å². The number of oxime groups is 1. The Kier molecular flexibility index (Phi) is 4.79. The number of anilines is 1. The summed E-state index contributed by atoms with van der Waals surface area (Å²) in [5, 5.41) is 4.41. The third-order valence-corrected chi connectivity index (χ3v) is 5.52. The lowest BCUT2D eigenvalue weighted by Crippen LogP contribution is -2.33. The summed E-state index contributed by atoms with van der Waals surface area (Å²) in [6, 6.07) is 16.8. The van der Waals surface area contributed by atoms with E-state index in [4.69, 9.17) is 9.57 Å². The smallest absolute Gasteiger partial charge is 0.157 e. The van der Waals surface area contributed by atoms with Crippen molar-refractivity contribution in [2.75, 3.05) is 39.2 Å². The monoisotopic (exact) mass is 365 g/mol. The first-order chi connectivity index (χ1) is 13.1. The third-order valence-electron chi connectivity index (χ3n) is 5.52. The lowest BCUT2D eigenvalue weighted by molar-refractivity contribution is -0.0104. The summed E-state index contributed by atoms with van der Waals surface area (Å²) in [7, 11) is 5.81. The van der Waals surface area contributed by atoms with Crippen molar-refractivity contribution in [3.8, 4) is 5.75 Å². The van der Waals surface area contributed by atoms with E-state index in [0.29, 0.717) is 0 Å². The van der Waals surface area contributed by atoms with Crippen molar-refractivity contribution >= 4 is 11.4 Å². The molecule has 2 aliphatic heterocycles. The Morgan fingerprint density at radius 3 is 2.52 bits per heavy atom. The summed E-state index contributed by atoms with van der Waals surface area (Å²) in [5.41, 5.74) is 4.55. The predicted octanol–water partition coefficient (Wildman–Crippen LogP) is 3.53. The Morgan fingerprint density at radius 1 is 1.11 bits per heavy atom. The van der Waals surface area contributed by atoms with E-state index in [1.165, 1.54) is 11.3 Å². The number of hydrogen-bond acceptors (Lipinski definition) is 5. The minimum atomic E-state index is -0.168. The molecule has 0 amide bonds. The summed E-state index contributed by atoms with van der Waals surface area (Å²) in [6.07, 6.45) is 1.89. The first-order valence-corrected chi connectivity index (χ1v) is 9.45. The van der Waals surface area contributed by atoms with Crippen LogP contribution in [-0.4, -0.2) is 50.5 Å². The van der Waals surface area contributed by atoms with Crippen LogP contribution in [-0.2, 0) is 11.4 Å². The zero-order valence-electron chi connectivity index (χ0n) is 16.3. The van der Waals surface area contributed by atoms with E-state index in [2.05, 4.69) is 65.4 Å². The third kappa shape index (κ3) is 3.78. The highest BCUT2D eigenvalue weighted by Gasteiger charge is 2.45. The standard InChI is InChI=1S/C22H27N3O2/c1-24(2)19-8-4-17(5-9-19)15-25-13-12-22(16-25)14-21(23-27-22)18-6-10-20(26-3)11-7-18/h4-11H,12-16H2,1-3H3. The van der Waals surface area contributed by atoms with Crippen molar-refractivity contribution in [2.45, 2.75) is 25.0 Å². The van der Waals surface area contributed by atoms with Gasteiger partial charge in [-0.3, -0.25) is 4.90 Å². The number of rotatable bonds is 5. The van der Waals surface area contributed by atoms with Crippen molar-refractivity contribution in [3.63, 3.8) is 0 Å². The Bertz CT molecular complexity index is 814. The van der Waals surface area contributed by atoms with E-state index in [9.17, 15) is 0 Å². The molecule has 0 bridgehead atoms. The summed E-state index contributed by atoms with van der Waals surface area (Å²) in [4.78, 5) is 10.5. The highest BCUT2D eigenvalue weighted by atomic mass is 16.7. The number of benzene rings is 2. The van der Waals surface area contributed by atoms with Crippen LogP contribution in [0.4, 0.5) is 5.69 Å². The van der Waals surface area contributed by atoms with Crippen molar-refractivity contribution in [2.24, 2.45) is 5.16 Å². The normalized spacial score (nSPS) is 22.0. The van der Waals surface area contributed by atoms with E-state index < -0.39 is 0 Å². The number of methoxy groups -OCH3 is 1. The lowest BCUT2D eigenvalue weighted by atomic mass is 9.93. The maximum Gasteiger partial charge on any atom is 0.157 e. The van der Waals surface area contributed by atoms with E-state index >= 15 is 0 Å². The Balaban J connectivity index is 1.36. The molecular formula is C22H27N3O2. The van der Waals surface area contributed by atoms with Crippen LogP contribution in [0, 0.1) is 0 Å². The van der Waals surface area contributed by atoms with Gasteiger partial charge in [-0.05, 0) is 47.5 Å². The van der Waals surface area contributed by atoms with Crippen molar-refractivity contribution in [1.29, 1.82) is 0 Å². The number of nitrogens with zero attached hydrogens (tertiary/aromatic N) is 3. The van der Waals surface area contributed by atoms with Gasteiger partial charge in [0.2, 0.25) is 0 Å². The second-order valence-corrected chi connectivity index (χ2v) is 7.74. The van der Waals surface area contributed by atoms with Gasteiger partial charge in [0.1, 0.15) is 5.75 Å². The molecule has 1 unspecified atom stereocenters. The fourth-order valence-corrected chi connectivity index (χ4v) is 3.90. The predicted molar refractivity (Wildman–Crippen MR) is 109 cm³/mol. The molecule has 5 heteroatoms. The van der Waals surface area contributed by atoms with Gasteiger partial charge in [0.25, 0.3) is 0 Å². The van der Waals surface area contributed by atoms with E-state index in [0.717, 1.165) is 49.5 Å². The summed E-state index contributed by atoms with van der Waals surface area (Å²) in [6.45, 7) is 2.92. The molecule has 0 aliphatic carbocycles. The molecule has 1 spiro atoms. The van der Waals surface area contributed by atoms with Gasteiger partial charge >= 0.3 is 0 Å². The molecule has 1 atom stereocenters. The van der Waals surface area contributed by atoms with Crippen molar-refractivity contribution in [3.05, 3.63) is 59.7 Å². The quantitative estimate of drug-likeness (QED) is 0.812. The van der Waals surface area contributed by atoms with Gasteiger partial charge < -0.3 is 14.5 Å². The van der Waals surface area contributed by atoms with Crippen LogP contribution >= 0.6 is 0 Å². The van der Waals surface area contributed by atoms with Crippen molar-refractivity contribution < 1.29 is 9.57 Å². The molecule has 2 heterocycles. The van der Waals surface area contributed by atoms with Gasteiger partial charge in [-0.25, -0.2) is 0 Å². The fourth-order valence-electron chi connectivity index (χ4n) is 3.90. The maximum absolute atomic E-state index is 5.95. The van der Waals surface area contributed by atoms with E-state index in [-0.39, 0.29) is 5.60 Å². The molecule has 2 aromatic rings. The van der Waals surface area contributed by atoms with Gasteiger partial charge in [0, 0.05) is 52.3 Å². The van der Waals surface area contributed by atoms with Gasteiger partial charge in [-0.1, -0.05) is 17.3 Å². The van der Waals surface area contributed by atoms with Crippen LogP contribution in [0.25, 0.3) is 0 Å². The highest BCUT2D eigenvalue weighted by Crippen LogP contribution is 2.36. The van der Waals surface area contributed by atoms with Crippen LogP contribution in [0.1, 0.15) is 24.0 Å². The molecule has 4 rings (SSSR count). The second kappa shape index (κ2) is 7.24. The Labute approximate surface area is 161 Å². The molecule has 0 N–H and O–H groups in total. The average Bonchev–Trinajstić information content (AvgIpc) is 3.29. The zero-order chi connectivity index (χ0) is 18.9. The van der Waals surface area contributed by atoms with Gasteiger partial charge in [0.15, 0.2) is 5.60 Å². The van der Waals surface area contributed by atoms with Crippen LogP contribution in [0.5, 0.6) is 5.75 Å². The topological polar surface area (TPSA) is 37.3 Å². The van der Waals surface area contributed by atoms with Crippen molar-refractivity contribution in [1.82, 2.24) is 4.90 Å². The van der Waals surface area contributed by atoms with Crippen LogP contribution in [0.15, 0.2) is 53.7 Å². The molecule has 1 fully saturated rings. The Morgan fingerprint density at radius 2 is 1.85 bits per heavy atom. The molecule has 0 saturated carbocycles. The SMILES string of the molecule is COc1ccc(C2=NOC3(CCN(Cc4ccc(N(C)C)cc4)C3)C2)cc1. The van der Waals surface area contributed by atoms with Crippen LogP contribution < -0.4 is 9.64 Å². The van der Waals surface area contributed by atoms with Crippen LogP contribution in [0.3, 0.4) is 0 Å². The molecule has 142 valence electrons. The number of ether oxygens (including phenoxy) is 1. The number of likely N-dealkylation sites (tertiary alicyclic amines) is 1. The fraction of sp³-hybridized carbons (Fsp3) is 0.409. The van der Waals surface area contributed by atoms with Gasteiger partial charge in [0.05, 0.1) is 12.8 Å².